The SMILES string of the molecule is CC1(C)c2ccccc2-c2cc3c4cc5c(ccc6ccccc65)cc4n(C4=NC(c5ccccc5)[NH+](Cc5ccccc5)[I-]4)c3cc21. The fraction of sp³-hybridized carbons (Fsp3) is 0.114. The average molecular weight is 732 g/mol. The van der Waals surface area contributed by atoms with Crippen molar-refractivity contribution in [2.75, 3.05) is 0 Å². The van der Waals surface area contributed by atoms with Gasteiger partial charge < -0.3 is 0 Å². The average Bonchev–Trinajstić information content (AvgIpc) is 3.75. The molecule has 2 atom stereocenters. The molecule has 0 saturated heterocycles. The molecule has 0 amide bonds. The molecule has 7 aromatic carbocycles. The maximum atomic E-state index is 5.67. The third-order valence-corrected chi connectivity index (χ3v) is 13.5. The first kappa shape index (κ1) is 28.3. The molecule has 2 unspecified atom stereocenters. The second-order valence-corrected chi connectivity index (χ2v) is 16.6. The molecule has 48 heavy (non-hydrogen) atoms. The fourth-order valence-electron chi connectivity index (χ4n) is 8.18. The Kier molecular flexibility index (Phi) is 6.25. The monoisotopic (exact) mass is 731 g/mol. The summed E-state index contributed by atoms with van der Waals surface area (Å²) in [5.74, 6) is 0. The van der Waals surface area contributed by atoms with E-state index in [1.54, 1.807) is 3.11 Å². The molecule has 8 aromatic rings. The number of rotatable bonds is 3. The molecule has 3 nitrogen and oxygen atoms in total. The number of aliphatic imine (C=N–C) groups is 1. The standard InChI is InChI=1S/C44H34IN3/c1-44(2)38-20-12-11-19-33(38)35-25-37-36-24-34-31(22-21-29-15-9-10-18-32(29)34)23-40(36)48(41(37)26-39(35)44)43-45-47(27-28-13-5-3-6-14-28)42(46-43)30-16-7-4-8-17-30/h3-26,42,47H,27H2,1-2H3. The number of fused-ring (bicyclic) bond motifs is 9. The van der Waals surface area contributed by atoms with Crippen molar-refractivity contribution in [1.29, 1.82) is 0 Å². The van der Waals surface area contributed by atoms with Crippen LogP contribution >= 0.6 is 0 Å². The first-order valence-corrected chi connectivity index (χ1v) is 18.9. The second-order valence-electron chi connectivity index (χ2n) is 13.7. The Bertz CT molecular complexity index is 2600. The van der Waals surface area contributed by atoms with Crippen LogP contribution in [0.5, 0.6) is 0 Å². The molecular formula is C44H34IN3. The molecule has 2 aliphatic rings. The van der Waals surface area contributed by atoms with Crippen molar-refractivity contribution in [1.82, 2.24) is 4.57 Å². The molecule has 10 rings (SSSR count). The van der Waals surface area contributed by atoms with Crippen LogP contribution in [0.25, 0.3) is 54.5 Å². The molecule has 1 aliphatic heterocycles. The number of nitrogens with one attached hydrogen (secondary N) is 1. The number of aromatic nitrogens is 1. The van der Waals surface area contributed by atoms with Crippen LogP contribution in [0.2, 0.25) is 0 Å². The van der Waals surface area contributed by atoms with Gasteiger partial charge in [-0.05, 0) is 0 Å². The number of quaternary nitrogens is 1. The van der Waals surface area contributed by atoms with Gasteiger partial charge in [-0.15, -0.1) is 0 Å². The summed E-state index contributed by atoms with van der Waals surface area (Å²) in [4.78, 5) is 5.67. The summed E-state index contributed by atoms with van der Waals surface area (Å²) in [5, 5.41) is 7.78. The van der Waals surface area contributed by atoms with Crippen molar-refractivity contribution in [3.05, 3.63) is 168 Å². The zero-order valence-corrected chi connectivity index (χ0v) is 29.1. The van der Waals surface area contributed by atoms with Crippen LogP contribution in [0.15, 0.2) is 151 Å². The maximum absolute atomic E-state index is 5.67. The zero-order chi connectivity index (χ0) is 32.0. The molecular weight excluding hydrogens is 697 g/mol. The van der Waals surface area contributed by atoms with Crippen LogP contribution in [-0.4, -0.2) is 8.41 Å². The summed E-state index contributed by atoms with van der Waals surface area (Å²) in [7, 11) is 0. The van der Waals surface area contributed by atoms with Gasteiger partial charge in [0.2, 0.25) is 0 Å². The van der Waals surface area contributed by atoms with E-state index in [9.17, 15) is 0 Å². The van der Waals surface area contributed by atoms with Gasteiger partial charge in [-0.25, -0.2) is 0 Å². The van der Waals surface area contributed by atoms with Crippen molar-refractivity contribution in [2.45, 2.75) is 32.0 Å². The van der Waals surface area contributed by atoms with E-state index in [0.29, 0.717) is 0 Å². The predicted octanol–water partition coefficient (Wildman–Crippen LogP) is 6.41. The van der Waals surface area contributed by atoms with Gasteiger partial charge in [0.25, 0.3) is 0 Å². The normalized spacial score (nSPS) is 18.2. The summed E-state index contributed by atoms with van der Waals surface area (Å²) in [6.45, 7) is 5.73. The molecule has 1 aromatic heterocycles. The van der Waals surface area contributed by atoms with Crippen LogP contribution in [0.4, 0.5) is 0 Å². The van der Waals surface area contributed by atoms with E-state index in [-0.39, 0.29) is 11.6 Å². The Labute approximate surface area is 290 Å². The zero-order valence-electron chi connectivity index (χ0n) is 26.9. The number of hydrogen-bond donors (Lipinski definition) is 1. The second kappa shape index (κ2) is 10.6. The van der Waals surface area contributed by atoms with E-state index < -0.39 is 21.5 Å². The van der Waals surface area contributed by atoms with E-state index in [1.165, 1.54) is 80.6 Å². The molecule has 0 bridgehead atoms. The van der Waals surface area contributed by atoms with Gasteiger partial charge in [0.1, 0.15) is 0 Å². The molecule has 0 spiro atoms. The Morgan fingerprint density at radius 1 is 0.604 bits per heavy atom. The topological polar surface area (TPSA) is 21.7 Å². The van der Waals surface area contributed by atoms with Crippen LogP contribution < -0.4 is 24.6 Å². The summed E-state index contributed by atoms with van der Waals surface area (Å²) in [6, 6.07) is 54.1. The minimum atomic E-state index is -0.505. The number of halogens is 1. The summed E-state index contributed by atoms with van der Waals surface area (Å²) < 4.78 is 5.35. The third kappa shape index (κ3) is 4.19. The van der Waals surface area contributed by atoms with Crippen molar-refractivity contribution in [3.63, 3.8) is 0 Å². The third-order valence-electron chi connectivity index (χ3n) is 10.6. The van der Waals surface area contributed by atoms with E-state index in [4.69, 9.17) is 4.99 Å². The van der Waals surface area contributed by atoms with Crippen molar-refractivity contribution >= 4 is 47.2 Å². The molecule has 0 radical (unpaired) electrons. The van der Waals surface area contributed by atoms with Crippen LogP contribution in [0.3, 0.4) is 0 Å². The molecule has 0 fully saturated rings. The Morgan fingerprint density at radius 3 is 2.15 bits per heavy atom. The number of nitrogens with zero attached hydrogens (tertiary/aromatic N) is 2. The van der Waals surface area contributed by atoms with E-state index >= 15 is 0 Å². The van der Waals surface area contributed by atoms with Gasteiger partial charge in [0, 0.05) is 0 Å². The van der Waals surface area contributed by atoms with E-state index in [0.717, 1.165) is 6.54 Å². The molecule has 4 heteroatoms. The molecule has 1 aliphatic carbocycles. The van der Waals surface area contributed by atoms with Crippen molar-refractivity contribution < 1.29 is 24.6 Å². The Morgan fingerprint density at radius 2 is 1.29 bits per heavy atom. The Balaban J connectivity index is 1.26. The van der Waals surface area contributed by atoms with Crippen LogP contribution in [-0.2, 0) is 12.0 Å². The van der Waals surface area contributed by atoms with Crippen molar-refractivity contribution in [2.24, 2.45) is 4.99 Å². The molecule has 2 heterocycles. The molecule has 1 N–H and O–H groups in total. The fourth-order valence-corrected chi connectivity index (χ4v) is 11.4. The van der Waals surface area contributed by atoms with Crippen LogP contribution in [0.1, 0.15) is 42.3 Å². The quantitative estimate of drug-likeness (QED) is 0.123. The van der Waals surface area contributed by atoms with Gasteiger partial charge in [0.05, 0.1) is 0 Å². The number of benzene rings is 7. The molecule has 0 saturated carbocycles. The van der Waals surface area contributed by atoms with E-state index in [2.05, 4.69) is 164 Å². The van der Waals surface area contributed by atoms with Crippen LogP contribution in [0, 0.1) is 0 Å². The van der Waals surface area contributed by atoms with Gasteiger partial charge in [-0.1, -0.05) is 0 Å². The summed E-state index contributed by atoms with van der Waals surface area (Å²) >= 11 is -0.505. The number of hydrogen-bond acceptors (Lipinski definition) is 1. The van der Waals surface area contributed by atoms with E-state index in [1.807, 2.05) is 0 Å². The summed E-state index contributed by atoms with van der Waals surface area (Å²) in [5.41, 5.74) is 10.6. The van der Waals surface area contributed by atoms with Gasteiger partial charge in [-0.2, -0.15) is 0 Å². The predicted molar refractivity (Wildman–Crippen MR) is 195 cm³/mol. The first-order valence-electron chi connectivity index (χ1n) is 16.8. The minimum absolute atomic E-state index is 0.0706. The molecule has 232 valence electrons. The summed E-state index contributed by atoms with van der Waals surface area (Å²) in [6.07, 6.45) is 0.0706. The van der Waals surface area contributed by atoms with Crippen molar-refractivity contribution in [3.8, 4) is 11.1 Å². The van der Waals surface area contributed by atoms with Gasteiger partial charge in [-0.3, -0.25) is 0 Å². The van der Waals surface area contributed by atoms with Gasteiger partial charge >= 0.3 is 292 Å². The first-order chi connectivity index (χ1) is 23.5. The van der Waals surface area contributed by atoms with Gasteiger partial charge in [0.15, 0.2) is 0 Å². The Hall–Kier alpha value is -4.78.